The van der Waals surface area contributed by atoms with Crippen molar-refractivity contribution in [1.29, 1.82) is 0 Å². The molecule has 0 atom stereocenters. The van der Waals surface area contributed by atoms with Crippen molar-refractivity contribution in [2.24, 2.45) is 0 Å². The van der Waals surface area contributed by atoms with Crippen LogP contribution in [0, 0.1) is 6.92 Å². The van der Waals surface area contributed by atoms with Gasteiger partial charge in [0.05, 0.1) is 46.4 Å². The van der Waals surface area contributed by atoms with Gasteiger partial charge in [0.1, 0.15) is 11.6 Å². The van der Waals surface area contributed by atoms with E-state index in [1.54, 1.807) is 18.7 Å². The lowest BCUT2D eigenvalue weighted by Gasteiger charge is -2.20. The van der Waals surface area contributed by atoms with Crippen molar-refractivity contribution in [2.75, 3.05) is 13.1 Å². The number of aromatic hydroxyl groups is 1. The second-order valence-corrected chi connectivity index (χ2v) is 8.75. The molecule has 4 aromatic heterocycles. The van der Waals surface area contributed by atoms with Crippen LogP contribution in [0.1, 0.15) is 30.3 Å². The molecular weight excluding hydrogens is 426 g/mol. The first-order valence-corrected chi connectivity index (χ1v) is 11.5. The van der Waals surface area contributed by atoms with E-state index in [4.69, 9.17) is 0 Å². The summed E-state index contributed by atoms with van der Waals surface area (Å²) in [6.45, 7) is 3.96. The first-order chi connectivity index (χ1) is 16.7. The van der Waals surface area contributed by atoms with Gasteiger partial charge in [-0.3, -0.25) is 9.97 Å². The minimum Gasteiger partial charge on any atom is -0.506 e. The third-order valence-corrected chi connectivity index (χ3v) is 6.51. The number of aromatic amines is 2. The van der Waals surface area contributed by atoms with Gasteiger partial charge in [0.15, 0.2) is 0 Å². The fourth-order valence-corrected chi connectivity index (χ4v) is 4.69. The Balaban J connectivity index is 1.40. The number of rotatable bonds is 4. The first kappa shape index (κ1) is 20.6. The van der Waals surface area contributed by atoms with Gasteiger partial charge in [-0.15, -0.1) is 0 Å². The Bertz CT molecular complexity index is 1480. The van der Waals surface area contributed by atoms with Crippen LogP contribution < -0.4 is 5.32 Å². The van der Waals surface area contributed by atoms with Gasteiger partial charge in [-0.05, 0) is 57.1 Å². The minimum atomic E-state index is 0.179. The number of nitrogens with zero attached hydrogens (tertiary/aromatic N) is 4. The standard InChI is InChI=1S/C26H25N7O/c1-15-3-2-4-21(32-15)24-23(30-14-31-24)17-5-6-20-18(11-17)25(34)19(12-28-20)22-13-29-26(33-22)16-7-9-27-10-8-16/h2-6,11-14,16,27H,7-10H2,1H3,(H,28,34)(H,29,33)(H,30,31). The molecule has 0 unspecified atom stereocenters. The molecule has 8 heteroatoms. The quantitative estimate of drug-likeness (QED) is 0.318. The molecule has 34 heavy (non-hydrogen) atoms. The van der Waals surface area contributed by atoms with Crippen LogP contribution in [0.3, 0.4) is 0 Å². The molecule has 0 amide bonds. The van der Waals surface area contributed by atoms with E-state index < -0.39 is 0 Å². The van der Waals surface area contributed by atoms with E-state index in [1.807, 2.05) is 43.3 Å². The molecular formula is C26H25N7O. The van der Waals surface area contributed by atoms with Gasteiger partial charge in [-0.2, -0.15) is 0 Å². The summed E-state index contributed by atoms with van der Waals surface area (Å²) < 4.78 is 0. The summed E-state index contributed by atoms with van der Waals surface area (Å²) in [4.78, 5) is 25.0. The normalized spacial score (nSPS) is 14.6. The molecule has 1 aromatic carbocycles. The average Bonchev–Trinajstić information content (AvgIpc) is 3.55. The van der Waals surface area contributed by atoms with E-state index in [9.17, 15) is 5.11 Å². The van der Waals surface area contributed by atoms with Gasteiger partial charge in [0.25, 0.3) is 0 Å². The Morgan fingerprint density at radius 2 is 1.88 bits per heavy atom. The van der Waals surface area contributed by atoms with Crippen molar-refractivity contribution in [2.45, 2.75) is 25.7 Å². The van der Waals surface area contributed by atoms with Crippen molar-refractivity contribution in [3.8, 4) is 39.7 Å². The summed E-state index contributed by atoms with van der Waals surface area (Å²) in [5.41, 5.74) is 6.38. The number of hydrogen-bond acceptors (Lipinski definition) is 6. The molecule has 5 aromatic rings. The zero-order chi connectivity index (χ0) is 23.1. The number of hydrogen-bond donors (Lipinski definition) is 4. The van der Waals surface area contributed by atoms with E-state index in [2.05, 4.69) is 35.2 Å². The summed E-state index contributed by atoms with van der Waals surface area (Å²) >= 11 is 0. The van der Waals surface area contributed by atoms with Gasteiger partial charge in [-0.1, -0.05) is 12.1 Å². The molecule has 0 spiro atoms. The molecule has 1 fully saturated rings. The van der Waals surface area contributed by atoms with Crippen LogP contribution in [0.5, 0.6) is 5.75 Å². The van der Waals surface area contributed by atoms with E-state index >= 15 is 0 Å². The molecule has 0 aliphatic carbocycles. The molecule has 8 nitrogen and oxygen atoms in total. The highest BCUT2D eigenvalue weighted by Crippen LogP contribution is 2.37. The van der Waals surface area contributed by atoms with Gasteiger partial charge >= 0.3 is 0 Å². The lowest BCUT2D eigenvalue weighted by molar-refractivity contribution is 0.447. The van der Waals surface area contributed by atoms with Crippen molar-refractivity contribution in [3.63, 3.8) is 0 Å². The number of aryl methyl sites for hydroxylation is 1. The highest BCUT2D eigenvalue weighted by Gasteiger charge is 2.20. The Morgan fingerprint density at radius 3 is 2.74 bits per heavy atom. The predicted octanol–water partition coefficient (Wildman–Crippen LogP) is 4.56. The number of H-pyrrole nitrogens is 2. The fraction of sp³-hybridized carbons (Fsp3) is 0.231. The van der Waals surface area contributed by atoms with Crippen LogP contribution in [0.25, 0.3) is 44.8 Å². The highest BCUT2D eigenvalue weighted by atomic mass is 16.3. The number of benzene rings is 1. The number of nitrogens with one attached hydrogen (secondary N) is 3. The molecule has 6 rings (SSSR count). The van der Waals surface area contributed by atoms with Crippen molar-refractivity contribution < 1.29 is 5.11 Å². The van der Waals surface area contributed by atoms with Crippen molar-refractivity contribution >= 4 is 10.9 Å². The van der Waals surface area contributed by atoms with Gasteiger partial charge in [-0.25, -0.2) is 9.97 Å². The average molecular weight is 452 g/mol. The van der Waals surface area contributed by atoms with Crippen molar-refractivity contribution in [3.05, 3.63) is 66.6 Å². The second-order valence-electron chi connectivity index (χ2n) is 8.75. The van der Waals surface area contributed by atoms with E-state index in [-0.39, 0.29) is 5.75 Å². The van der Waals surface area contributed by atoms with Crippen LogP contribution in [-0.4, -0.2) is 48.1 Å². The molecule has 1 aliphatic rings. The van der Waals surface area contributed by atoms with Gasteiger partial charge < -0.3 is 20.4 Å². The Kier molecular flexibility index (Phi) is 5.07. The van der Waals surface area contributed by atoms with Crippen LogP contribution in [0.4, 0.5) is 0 Å². The zero-order valence-electron chi connectivity index (χ0n) is 18.8. The van der Waals surface area contributed by atoms with Crippen LogP contribution in [0.2, 0.25) is 0 Å². The smallest absolute Gasteiger partial charge is 0.135 e. The Hall–Kier alpha value is -4.04. The fourth-order valence-electron chi connectivity index (χ4n) is 4.69. The minimum absolute atomic E-state index is 0.179. The van der Waals surface area contributed by atoms with Crippen molar-refractivity contribution in [1.82, 2.24) is 35.2 Å². The summed E-state index contributed by atoms with van der Waals surface area (Å²) in [7, 11) is 0. The van der Waals surface area contributed by atoms with E-state index in [1.165, 1.54) is 0 Å². The summed E-state index contributed by atoms with van der Waals surface area (Å²) in [5, 5.41) is 15.3. The maximum atomic E-state index is 11.2. The SMILES string of the molecule is Cc1cccc(-c2[nH]cnc2-c2ccc3ncc(-c4cnc(C5CCNCC5)[nH]4)c(O)c3c2)n1. The Labute approximate surface area is 196 Å². The molecule has 5 heterocycles. The molecule has 1 saturated heterocycles. The molecule has 170 valence electrons. The number of aromatic nitrogens is 6. The number of imidazole rings is 2. The third-order valence-electron chi connectivity index (χ3n) is 6.51. The maximum absolute atomic E-state index is 11.2. The van der Waals surface area contributed by atoms with Crippen LogP contribution in [-0.2, 0) is 0 Å². The number of piperidine rings is 1. The lowest BCUT2D eigenvalue weighted by atomic mass is 9.97. The predicted molar refractivity (Wildman–Crippen MR) is 131 cm³/mol. The maximum Gasteiger partial charge on any atom is 0.135 e. The monoisotopic (exact) mass is 451 g/mol. The molecule has 0 radical (unpaired) electrons. The molecule has 4 N–H and O–H groups in total. The lowest BCUT2D eigenvalue weighted by Crippen LogP contribution is -2.27. The highest BCUT2D eigenvalue weighted by molar-refractivity contribution is 5.94. The first-order valence-electron chi connectivity index (χ1n) is 11.5. The van der Waals surface area contributed by atoms with Gasteiger partial charge in [0, 0.05) is 28.8 Å². The second kappa shape index (κ2) is 8.39. The zero-order valence-corrected chi connectivity index (χ0v) is 18.8. The topological polar surface area (TPSA) is 115 Å². The largest absolute Gasteiger partial charge is 0.506 e. The molecule has 0 bridgehead atoms. The molecule has 0 saturated carbocycles. The van der Waals surface area contributed by atoms with Crippen LogP contribution in [0.15, 0.2) is 55.1 Å². The number of pyridine rings is 2. The summed E-state index contributed by atoms with van der Waals surface area (Å²) in [6.07, 6.45) is 7.27. The Morgan fingerprint density at radius 1 is 1.00 bits per heavy atom. The number of fused-ring (bicyclic) bond motifs is 1. The summed E-state index contributed by atoms with van der Waals surface area (Å²) in [5.74, 6) is 1.56. The van der Waals surface area contributed by atoms with E-state index in [0.717, 1.165) is 65.8 Å². The van der Waals surface area contributed by atoms with Gasteiger partial charge in [0.2, 0.25) is 0 Å². The van der Waals surface area contributed by atoms with E-state index in [0.29, 0.717) is 22.4 Å². The van der Waals surface area contributed by atoms with Crippen LogP contribution >= 0.6 is 0 Å². The molecule has 1 aliphatic heterocycles. The third kappa shape index (κ3) is 3.62. The summed E-state index contributed by atoms with van der Waals surface area (Å²) in [6, 6.07) is 11.7.